The van der Waals surface area contributed by atoms with Crippen LogP contribution >= 0.6 is 0 Å². The molecule has 0 radical (unpaired) electrons. The number of ether oxygens (including phenoxy) is 2. The van der Waals surface area contributed by atoms with E-state index < -0.39 is 5.60 Å². The molecule has 188 valence electrons. The number of nitrogens with zero attached hydrogens (tertiary/aromatic N) is 1. The van der Waals surface area contributed by atoms with Gasteiger partial charge in [0.25, 0.3) is 0 Å². The lowest BCUT2D eigenvalue weighted by Crippen LogP contribution is -2.56. The average Bonchev–Trinajstić information content (AvgIpc) is 3.29. The van der Waals surface area contributed by atoms with Gasteiger partial charge in [-0.3, -0.25) is 4.79 Å². The van der Waals surface area contributed by atoms with Crippen molar-refractivity contribution in [2.45, 2.75) is 105 Å². The van der Waals surface area contributed by atoms with Gasteiger partial charge >= 0.3 is 11.9 Å². The van der Waals surface area contributed by atoms with Gasteiger partial charge in [-0.25, -0.2) is 4.79 Å². The van der Waals surface area contributed by atoms with Crippen LogP contribution in [0, 0.1) is 33.5 Å². The molecule has 0 aromatic heterocycles. The predicted octanol–water partition coefficient (Wildman–Crippen LogP) is 5.36. The number of quaternary nitrogens is 1. The molecule has 33 heavy (non-hydrogen) atoms. The molecule has 4 bridgehead atoms. The van der Waals surface area contributed by atoms with Crippen LogP contribution in [-0.2, 0) is 19.1 Å². The Morgan fingerprint density at radius 2 is 1.52 bits per heavy atom. The smallest absolute Gasteiger partial charge is 0.362 e. The summed E-state index contributed by atoms with van der Waals surface area (Å²) in [7, 11) is 4.01. The van der Waals surface area contributed by atoms with Gasteiger partial charge in [-0.2, -0.15) is 0 Å². The second-order valence-electron chi connectivity index (χ2n) is 14.4. The van der Waals surface area contributed by atoms with Crippen LogP contribution in [0.1, 0.15) is 93.4 Å². The van der Waals surface area contributed by atoms with E-state index in [1.54, 1.807) is 0 Å². The van der Waals surface area contributed by atoms with Gasteiger partial charge in [-0.1, -0.05) is 41.5 Å². The van der Waals surface area contributed by atoms with E-state index in [-0.39, 0.29) is 46.2 Å². The monoisotopic (exact) mass is 462 g/mol. The number of carbonyl (C=O) groups is 2. The van der Waals surface area contributed by atoms with Crippen molar-refractivity contribution >= 4 is 11.9 Å². The molecule has 6 unspecified atom stereocenters. The third-order valence-electron chi connectivity index (χ3n) is 11.9. The molecule has 0 heterocycles. The highest BCUT2D eigenvalue weighted by Crippen LogP contribution is 2.69. The maximum absolute atomic E-state index is 13.1. The summed E-state index contributed by atoms with van der Waals surface area (Å²) in [6, 6.07) is 0. The van der Waals surface area contributed by atoms with Crippen LogP contribution in [-0.4, -0.2) is 55.3 Å². The highest BCUT2D eigenvalue weighted by Gasteiger charge is 2.69. The lowest BCUT2D eigenvalue weighted by molar-refractivity contribution is -0.882. The number of carbonyl (C=O) groups excluding carboxylic acids is 2. The largest absolute Gasteiger partial charge is 0.462 e. The highest BCUT2D eigenvalue weighted by molar-refractivity contribution is 5.72. The van der Waals surface area contributed by atoms with Crippen LogP contribution in [0.4, 0.5) is 0 Å². The third-order valence-corrected chi connectivity index (χ3v) is 11.9. The van der Waals surface area contributed by atoms with Crippen LogP contribution in [0.5, 0.6) is 0 Å². The summed E-state index contributed by atoms with van der Waals surface area (Å²) < 4.78 is 12.7. The van der Waals surface area contributed by atoms with Gasteiger partial charge < -0.3 is 14.0 Å². The van der Waals surface area contributed by atoms with Crippen molar-refractivity contribution in [2.75, 3.05) is 27.2 Å². The molecular formula is C28H48NO4+. The molecule has 5 nitrogen and oxygen atoms in total. The van der Waals surface area contributed by atoms with E-state index >= 15 is 0 Å². The van der Waals surface area contributed by atoms with Crippen LogP contribution in [0.15, 0.2) is 0 Å². The standard InChI is InChI=1S/C28H48NO4/c1-24(2)19-11-14-27(24,6)21(16-19)32-22(30)12-15-29(8,9)18-23(31)33-28(7)25(3,4)20-10-13-26(28,5)17-20/h19-21H,10-18H2,1-9H3/q+1. The fourth-order valence-electron chi connectivity index (χ4n) is 8.32. The second-order valence-corrected chi connectivity index (χ2v) is 14.4. The molecule has 4 fully saturated rings. The lowest BCUT2D eigenvalue weighted by Gasteiger charge is -2.51. The van der Waals surface area contributed by atoms with Gasteiger partial charge in [0.05, 0.1) is 27.1 Å². The van der Waals surface area contributed by atoms with Gasteiger partial charge in [0.15, 0.2) is 6.54 Å². The Morgan fingerprint density at radius 3 is 2.03 bits per heavy atom. The van der Waals surface area contributed by atoms with Crippen molar-refractivity contribution in [1.29, 1.82) is 0 Å². The molecule has 0 aliphatic heterocycles. The van der Waals surface area contributed by atoms with Crippen molar-refractivity contribution in [3.8, 4) is 0 Å². The average molecular weight is 463 g/mol. The van der Waals surface area contributed by atoms with E-state index in [1.807, 2.05) is 14.1 Å². The number of fused-ring (bicyclic) bond motifs is 4. The molecule has 4 saturated carbocycles. The molecule has 0 aromatic carbocycles. The van der Waals surface area contributed by atoms with Crippen LogP contribution in [0.2, 0.25) is 0 Å². The van der Waals surface area contributed by atoms with Gasteiger partial charge in [-0.15, -0.1) is 0 Å². The summed E-state index contributed by atoms with van der Waals surface area (Å²) in [5.41, 5.74) is -0.0791. The molecule has 0 aromatic rings. The quantitative estimate of drug-likeness (QED) is 0.378. The Morgan fingerprint density at radius 1 is 0.879 bits per heavy atom. The van der Waals surface area contributed by atoms with E-state index in [4.69, 9.17) is 9.47 Å². The number of hydrogen-bond acceptors (Lipinski definition) is 4. The minimum atomic E-state index is -0.442. The van der Waals surface area contributed by atoms with E-state index in [0.717, 1.165) is 25.7 Å². The van der Waals surface area contributed by atoms with E-state index in [2.05, 4.69) is 48.5 Å². The summed E-state index contributed by atoms with van der Waals surface area (Å²) in [6.45, 7) is 16.8. The fourth-order valence-corrected chi connectivity index (χ4v) is 8.32. The van der Waals surface area contributed by atoms with Crippen LogP contribution in [0.3, 0.4) is 0 Å². The zero-order chi connectivity index (χ0) is 24.7. The molecule has 0 saturated heterocycles. The lowest BCUT2D eigenvalue weighted by atomic mass is 9.61. The first kappa shape index (κ1) is 25.0. The zero-order valence-corrected chi connectivity index (χ0v) is 22.7. The van der Waals surface area contributed by atoms with Crippen molar-refractivity contribution in [3.63, 3.8) is 0 Å². The second kappa shape index (κ2) is 7.45. The first-order valence-corrected chi connectivity index (χ1v) is 13.2. The third kappa shape index (κ3) is 3.58. The van der Waals surface area contributed by atoms with Gasteiger partial charge in [0.2, 0.25) is 0 Å². The minimum Gasteiger partial charge on any atom is -0.462 e. The molecular weight excluding hydrogens is 414 g/mol. The Balaban J connectivity index is 1.30. The van der Waals surface area contributed by atoms with Gasteiger partial charge in [0.1, 0.15) is 11.7 Å². The summed E-state index contributed by atoms with van der Waals surface area (Å²) in [4.78, 5) is 25.9. The first-order chi connectivity index (χ1) is 15.0. The Kier molecular flexibility index (Phi) is 5.64. The summed E-state index contributed by atoms with van der Waals surface area (Å²) in [6.07, 6.45) is 7.26. The van der Waals surface area contributed by atoms with Crippen molar-refractivity contribution in [1.82, 2.24) is 0 Å². The summed E-state index contributed by atoms with van der Waals surface area (Å²) in [5.74, 6) is 0.994. The van der Waals surface area contributed by atoms with E-state index in [9.17, 15) is 9.59 Å². The molecule has 4 aliphatic rings. The number of hydrogen-bond donors (Lipinski definition) is 0. The maximum atomic E-state index is 13.1. The molecule has 4 aliphatic carbocycles. The number of esters is 2. The Labute approximate surface area is 201 Å². The number of rotatable bonds is 7. The molecule has 0 amide bonds. The van der Waals surface area contributed by atoms with Crippen molar-refractivity contribution < 1.29 is 23.5 Å². The van der Waals surface area contributed by atoms with E-state index in [1.165, 1.54) is 12.8 Å². The SMILES string of the molecule is CC12CCC(C1)C(C)(C)C2(C)OC(=O)C[N+](C)(C)CCC(=O)OC1CC2CCC1(C)C2(C)C. The summed E-state index contributed by atoms with van der Waals surface area (Å²) >= 11 is 0. The first-order valence-electron chi connectivity index (χ1n) is 13.2. The zero-order valence-electron chi connectivity index (χ0n) is 22.7. The molecule has 0 N–H and O–H groups in total. The molecule has 4 rings (SSSR count). The fraction of sp³-hybridized carbons (Fsp3) is 0.929. The van der Waals surface area contributed by atoms with Crippen LogP contribution in [0.25, 0.3) is 0 Å². The van der Waals surface area contributed by atoms with Crippen molar-refractivity contribution in [2.24, 2.45) is 33.5 Å². The molecule has 6 atom stereocenters. The Bertz CT molecular complexity index is 825. The normalized spacial score (nSPS) is 42.5. The van der Waals surface area contributed by atoms with Crippen molar-refractivity contribution in [3.05, 3.63) is 0 Å². The molecule has 0 spiro atoms. The van der Waals surface area contributed by atoms with Gasteiger partial charge in [-0.05, 0) is 62.7 Å². The van der Waals surface area contributed by atoms with E-state index in [0.29, 0.717) is 29.3 Å². The maximum Gasteiger partial charge on any atom is 0.362 e. The highest BCUT2D eigenvalue weighted by atomic mass is 16.6. The molecule has 5 heteroatoms. The van der Waals surface area contributed by atoms with Gasteiger partial charge in [0, 0.05) is 16.2 Å². The minimum absolute atomic E-state index is 0.0127. The number of likely N-dealkylation sites (N-methyl/N-ethyl adjacent to an activating group) is 1. The van der Waals surface area contributed by atoms with Crippen LogP contribution < -0.4 is 0 Å². The Hall–Kier alpha value is -1.10. The summed E-state index contributed by atoms with van der Waals surface area (Å²) in [5, 5.41) is 0. The topological polar surface area (TPSA) is 52.6 Å². The predicted molar refractivity (Wildman–Crippen MR) is 129 cm³/mol.